The lowest BCUT2D eigenvalue weighted by molar-refractivity contribution is 0.112. The van der Waals surface area contributed by atoms with Crippen molar-refractivity contribution in [2.45, 2.75) is 19.8 Å². The number of carbonyl (C=O) groups is 1. The maximum atomic E-state index is 10.7. The molecule has 0 bridgehead atoms. The van der Waals surface area contributed by atoms with E-state index in [1.54, 1.807) is 10.7 Å². The van der Waals surface area contributed by atoms with E-state index in [9.17, 15) is 4.79 Å². The van der Waals surface area contributed by atoms with Gasteiger partial charge in [0.1, 0.15) is 0 Å². The van der Waals surface area contributed by atoms with Crippen LogP contribution in [0.15, 0.2) is 12.4 Å². The zero-order chi connectivity index (χ0) is 11.0. The number of rotatable bonds is 2. The number of carbonyl (C=O) groups excluding carboxylic acids is 1. The SMILES string of the molecule is CC(C)c1cnc2c(C=O)c(Cl)nn2c1. The van der Waals surface area contributed by atoms with E-state index < -0.39 is 0 Å². The van der Waals surface area contributed by atoms with Gasteiger partial charge in [-0.2, -0.15) is 5.10 Å². The summed E-state index contributed by atoms with van der Waals surface area (Å²) in [5, 5.41) is 4.21. The van der Waals surface area contributed by atoms with Crippen molar-refractivity contribution in [2.24, 2.45) is 0 Å². The molecule has 0 saturated carbocycles. The van der Waals surface area contributed by atoms with Gasteiger partial charge in [0.05, 0.1) is 5.56 Å². The highest BCUT2D eigenvalue weighted by molar-refractivity contribution is 6.32. The van der Waals surface area contributed by atoms with Crippen LogP contribution in [0.2, 0.25) is 5.15 Å². The molecule has 0 N–H and O–H groups in total. The lowest BCUT2D eigenvalue weighted by atomic mass is 10.1. The van der Waals surface area contributed by atoms with E-state index >= 15 is 0 Å². The van der Waals surface area contributed by atoms with Gasteiger partial charge in [0.2, 0.25) is 0 Å². The molecule has 0 radical (unpaired) electrons. The summed E-state index contributed by atoms with van der Waals surface area (Å²) in [7, 11) is 0. The van der Waals surface area contributed by atoms with Gasteiger partial charge in [-0.25, -0.2) is 9.50 Å². The molecule has 0 atom stereocenters. The maximum Gasteiger partial charge on any atom is 0.167 e. The smallest absolute Gasteiger partial charge is 0.167 e. The Kier molecular flexibility index (Phi) is 2.44. The van der Waals surface area contributed by atoms with E-state index in [1.807, 2.05) is 6.20 Å². The minimum absolute atomic E-state index is 0.193. The Hall–Kier alpha value is -1.42. The molecule has 5 heteroatoms. The summed E-state index contributed by atoms with van der Waals surface area (Å²) in [5.41, 5.74) is 1.89. The normalized spacial score (nSPS) is 11.2. The molecule has 2 rings (SSSR count). The van der Waals surface area contributed by atoms with E-state index in [1.165, 1.54) is 0 Å². The van der Waals surface area contributed by atoms with E-state index in [-0.39, 0.29) is 5.15 Å². The first kappa shape index (κ1) is 10.1. The fourth-order valence-electron chi connectivity index (χ4n) is 1.34. The van der Waals surface area contributed by atoms with Crippen LogP contribution >= 0.6 is 11.6 Å². The third-order valence-electron chi connectivity index (χ3n) is 2.27. The number of aromatic nitrogens is 3. The van der Waals surface area contributed by atoms with Crippen molar-refractivity contribution < 1.29 is 4.79 Å². The first-order valence-corrected chi connectivity index (χ1v) is 5.00. The molecule has 0 saturated heterocycles. The van der Waals surface area contributed by atoms with Crippen LogP contribution in [0.25, 0.3) is 5.65 Å². The van der Waals surface area contributed by atoms with Crippen molar-refractivity contribution in [3.63, 3.8) is 0 Å². The number of aldehydes is 1. The lowest BCUT2D eigenvalue weighted by Crippen LogP contribution is -1.96. The van der Waals surface area contributed by atoms with Gasteiger partial charge < -0.3 is 0 Å². The molecule has 0 aliphatic rings. The Balaban J connectivity index is 2.69. The molecular weight excluding hydrogens is 214 g/mol. The molecule has 2 heterocycles. The van der Waals surface area contributed by atoms with Crippen LogP contribution in [-0.2, 0) is 0 Å². The number of fused-ring (bicyclic) bond motifs is 1. The van der Waals surface area contributed by atoms with Crippen molar-refractivity contribution in [3.05, 3.63) is 28.7 Å². The quantitative estimate of drug-likeness (QED) is 0.734. The molecule has 2 aromatic heterocycles. The van der Waals surface area contributed by atoms with E-state index in [2.05, 4.69) is 23.9 Å². The largest absolute Gasteiger partial charge is 0.298 e. The highest BCUT2D eigenvalue weighted by Gasteiger charge is 2.12. The summed E-state index contributed by atoms with van der Waals surface area (Å²) in [5.74, 6) is 0.365. The number of hydrogen-bond acceptors (Lipinski definition) is 3. The molecule has 0 aliphatic heterocycles. The highest BCUT2D eigenvalue weighted by atomic mass is 35.5. The fourth-order valence-corrected chi connectivity index (χ4v) is 1.55. The van der Waals surface area contributed by atoms with Gasteiger partial charge in [0, 0.05) is 12.4 Å². The third kappa shape index (κ3) is 1.61. The molecule has 2 aromatic rings. The molecule has 0 spiro atoms. The summed E-state index contributed by atoms with van der Waals surface area (Å²) in [6.45, 7) is 4.13. The maximum absolute atomic E-state index is 10.7. The van der Waals surface area contributed by atoms with Crippen LogP contribution in [0, 0.1) is 0 Å². The van der Waals surface area contributed by atoms with Crippen LogP contribution in [0.4, 0.5) is 0 Å². The van der Waals surface area contributed by atoms with E-state index in [0.29, 0.717) is 23.4 Å². The van der Waals surface area contributed by atoms with Gasteiger partial charge in [-0.15, -0.1) is 0 Å². The van der Waals surface area contributed by atoms with Gasteiger partial charge in [0.25, 0.3) is 0 Å². The first-order valence-electron chi connectivity index (χ1n) is 4.62. The monoisotopic (exact) mass is 223 g/mol. The summed E-state index contributed by atoms with van der Waals surface area (Å²) in [6.07, 6.45) is 4.25. The van der Waals surface area contributed by atoms with Gasteiger partial charge in [-0.3, -0.25) is 4.79 Å². The molecule has 78 valence electrons. The summed E-state index contributed by atoms with van der Waals surface area (Å²) >= 11 is 5.80. The Morgan fingerprint density at radius 3 is 2.87 bits per heavy atom. The van der Waals surface area contributed by atoms with Crippen molar-refractivity contribution in [1.29, 1.82) is 0 Å². The zero-order valence-electron chi connectivity index (χ0n) is 8.44. The molecule has 0 amide bonds. The standard InChI is InChI=1S/C10H10ClN3O/c1-6(2)7-3-12-10-8(5-15)9(11)13-14(10)4-7/h3-6H,1-2H3. The van der Waals surface area contributed by atoms with Crippen LogP contribution in [0.5, 0.6) is 0 Å². The minimum Gasteiger partial charge on any atom is -0.298 e. The average Bonchev–Trinajstić information content (AvgIpc) is 2.51. The predicted octanol–water partition coefficient (Wildman–Crippen LogP) is 2.32. The van der Waals surface area contributed by atoms with Gasteiger partial charge in [0.15, 0.2) is 17.1 Å². The second-order valence-corrected chi connectivity index (χ2v) is 3.99. The molecule has 0 aromatic carbocycles. The molecular formula is C10H10ClN3O. The summed E-state index contributed by atoms with van der Waals surface area (Å²) < 4.78 is 1.54. The van der Waals surface area contributed by atoms with Crippen molar-refractivity contribution in [2.75, 3.05) is 0 Å². The Morgan fingerprint density at radius 1 is 1.53 bits per heavy atom. The molecule has 0 unspecified atom stereocenters. The topological polar surface area (TPSA) is 47.3 Å². The van der Waals surface area contributed by atoms with Gasteiger partial charge in [-0.1, -0.05) is 25.4 Å². The van der Waals surface area contributed by atoms with E-state index in [4.69, 9.17) is 11.6 Å². The van der Waals surface area contributed by atoms with Crippen LogP contribution in [-0.4, -0.2) is 20.9 Å². The molecule has 0 aliphatic carbocycles. The van der Waals surface area contributed by atoms with Gasteiger partial charge in [-0.05, 0) is 11.5 Å². The van der Waals surface area contributed by atoms with Crippen molar-refractivity contribution in [1.82, 2.24) is 14.6 Å². The van der Waals surface area contributed by atoms with E-state index in [0.717, 1.165) is 5.56 Å². The fraction of sp³-hybridized carbons (Fsp3) is 0.300. The summed E-state index contributed by atoms with van der Waals surface area (Å²) in [6, 6.07) is 0. The van der Waals surface area contributed by atoms with Crippen molar-refractivity contribution >= 4 is 23.5 Å². The number of halogens is 1. The second kappa shape index (κ2) is 3.62. The second-order valence-electron chi connectivity index (χ2n) is 3.63. The average molecular weight is 224 g/mol. The number of nitrogens with zero attached hydrogens (tertiary/aromatic N) is 3. The molecule has 4 nitrogen and oxygen atoms in total. The summed E-state index contributed by atoms with van der Waals surface area (Å²) in [4.78, 5) is 14.9. The third-order valence-corrected chi connectivity index (χ3v) is 2.55. The van der Waals surface area contributed by atoms with Crippen LogP contribution in [0.1, 0.15) is 35.7 Å². The predicted molar refractivity (Wildman–Crippen MR) is 57.5 cm³/mol. The molecule has 0 fully saturated rings. The number of hydrogen-bond donors (Lipinski definition) is 0. The molecule has 15 heavy (non-hydrogen) atoms. The minimum atomic E-state index is 0.193. The van der Waals surface area contributed by atoms with Crippen LogP contribution in [0.3, 0.4) is 0 Å². The van der Waals surface area contributed by atoms with Crippen molar-refractivity contribution in [3.8, 4) is 0 Å². The van der Waals surface area contributed by atoms with Gasteiger partial charge >= 0.3 is 0 Å². The Morgan fingerprint density at radius 2 is 2.27 bits per heavy atom. The Bertz CT molecular complexity index is 519. The van der Waals surface area contributed by atoms with Crippen LogP contribution < -0.4 is 0 Å². The highest BCUT2D eigenvalue weighted by Crippen LogP contribution is 2.19. The first-order chi connectivity index (χ1) is 7.13. The Labute approximate surface area is 91.9 Å². The lowest BCUT2D eigenvalue weighted by Gasteiger charge is -2.03. The zero-order valence-corrected chi connectivity index (χ0v) is 9.19.